The Morgan fingerprint density at radius 2 is 1.86 bits per heavy atom. The van der Waals surface area contributed by atoms with Crippen molar-refractivity contribution in [2.75, 3.05) is 0 Å². The first-order chi connectivity index (χ1) is 17.9. The molecular weight excluding hydrogens is 519 g/mol. The molecule has 1 N–H and O–H groups in total. The lowest BCUT2D eigenvalue weighted by Gasteiger charge is -2.11. The van der Waals surface area contributed by atoms with Crippen molar-refractivity contribution in [2.45, 2.75) is 31.8 Å². The summed E-state index contributed by atoms with van der Waals surface area (Å²) in [6.45, 7) is 0.106. The van der Waals surface area contributed by atoms with E-state index in [4.69, 9.17) is 37.2 Å². The molecule has 3 heterocycles. The lowest BCUT2D eigenvalue weighted by molar-refractivity contribution is 0.0696. The van der Waals surface area contributed by atoms with Crippen molar-refractivity contribution in [2.24, 2.45) is 0 Å². The van der Waals surface area contributed by atoms with Crippen LogP contribution in [0.3, 0.4) is 0 Å². The molecule has 2 aliphatic rings. The standard InChI is InChI=1S/C27H18Cl2N2O6/c28-17-2-1-3-18(29)24(17)25-16(26(37-31-25)13-4-5-13)12-35-23-9-8-21-19(30-23)11-20(32)15-7-6-14(27(33)34)10-22(15)36-21/h1-3,6-10,13H,4-5,11-12H2,(H,33,34). The molecule has 10 heteroatoms. The van der Waals surface area contributed by atoms with Gasteiger partial charge in [0.15, 0.2) is 5.78 Å². The van der Waals surface area contributed by atoms with Crippen molar-refractivity contribution in [3.8, 4) is 28.6 Å². The number of Topliss-reactive ketones (excluding diaryl/α,β-unsaturated/α-hetero) is 1. The highest BCUT2D eigenvalue weighted by Gasteiger charge is 2.34. The minimum atomic E-state index is -1.11. The molecule has 186 valence electrons. The molecule has 0 bridgehead atoms. The van der Waals surface area contributed by atoms with Crippen LogP contribution in [0.4, 0.5) is 0 Å². The summed E-state index contributed by atoms with van der Waals surface area (Å²) in [7, 11) is 0. The van der Waals surface area contributed by atoms with Crippen LogP contribution in [0.1, 0.15) is 56.5 Å². The van der Waals surface area contributed by atoms with Crippen LogP contribution in [0.5, 0.6) is 17.4 Å². The van der Waals surface area contributed by atoms with Gasteiger partial charge in [0.05, 0.1) is 38.9 Å². The largest absolute Gasteiger partial charge is 0.478 e. The zero-order chi connectivity index (χ0) is 25.7. The zero-order valence-corrected chi connectivity index (χ0v) is 20.7. The summed E-state index contributed by atoms with van der Waals surface area (Å²) in [6, 6.07) is 12.7. The van der Waals surface area contributed by atoms with Gasteiger partial charge in [0, 0.05) is 17.5 Å². The number of nitrogens with zero attached hydrogens (tertiary/aromatic N) is 2. The second-order valence-electron chi connectivity index (χ2n) is 8.85. The highest BCUT2D eigenvalue weighted by atomic mass is 35.5. The monoisotopic (exact) mass is 536 g/mol. The molecular formula is C27H18Cl2N2O6. The third-order valence-electron chi connectivity index (χ3n) is 6.31. The molecule has 0 radical (unpaired) electrons. The molecule has 4 aromatic rings. The fourth-order valence-electron chi connectivity index (χ4n) is 4.30. The summed E-state index contributed by atoms with van der Waals surface area (Å²) >= 11 is 12.9. The average molecular weight is 537 g/mol. The highest BCUT2D eigenvalue weighted by Crippen LogP contribution is 2.46. The van der Waals surface area contributed by atoms with E-state index in [1.807, 2.05) is 0 Å². The second kappa shape index (κ2) is 9.21. The number of rotatable bonds is 6. The first-order valence-electron chi connectivity index (χ1n) is 11.5. The van der Waals surface area contributed by atoms with Gasteiger partial charge < -0.3 is 19.1 Å². The number of benzene rings is 2. The number of aromatic carboxylic acids is 1. The summed E-state index contributed by atoms with van der Waals surface area (Å²) < 4.78 is 17.6. The third kappa shape index (κ3) is 4.43. The van der Waals surface area contributed by atoms with E-state index in [1.54, 1.807) is 30.3 Å². The van der Waals surface area contributed by atoms with E-state index >= 15 is 0 Å². The van der Waals surface area contributed by atoms with Gasteiger partial charge in [-0.05, 0) is 49.2 Å². The number of ether oxygens (including phenoxy) is 2. The number of carboxylic acid groups (broad SMARTS) is 1. The molecule has 37 heavy (non-hydrogen) atoms. The number of halogens is 2. The van der Waals surface area contributed by atoms with Crippen molar-refractivity contribution >= 4 is 35.0 Å². The normalized spacial score (nSPS) is 14.4. The fraction of sp³-hybridized carbons (Fsp3) is 0.185. The maximum Gasteiger partial charge on any atom is 0.335 e. The molecule has 0 unspecified atom stereocenters. The van der Waals surface area contributed by atoms with E-state index < -0.39 is 5.97 Å². The number of hydrogen-bond acceptors (Lipinski definition) is 7. The highest BCUT2D eigenvalue weighted by molar-refractivity contribution is 6.39. The smallest absolute Gasteiger partial charge is 0.335 e. The molecule has 0 saturated heterocycles. The summed E-state index contributed by atoms with van der Waals surface area (Å²) in [5.41, 5.74) is 2.55. The van der Waals surface area contributed by atoms with Crippen LogP contribution < -0.4 is 9.47 Å². The maximum absolute atomic E-state index is 12.8. The fourth-order valence-corrected chi connectivity index (χ4v) is 4.88. The van der Waals surface area contributed by atoms with E-state index in [-0.39, 0.29) is 41.9 Å². The lowest BCUT2D eigenvalue weighted by atomic mass is 10.0. The van der Waals surface area contributed by atoms with Gasteiger partial charge in [-0.2, -0.15) is 0 Å². The van der Waals surface area contributed by atoms with Gasteiger partial charge in [0.2, 0.25) is 5.88 Å². The molecule has 1 aliphatic heterocycles. The average Bonchev–Trinajstić information content (AvgIpc) is 3.65. The topological polar surface area (TPSA) is 112 Å². The summed E-state index contributed by atoms with van der Waals surface area (Å²) in [5, 5.41) is 14.4. The van der Waals surface area contributed by atoms with E-state index in [0.717, 1.165) is 24.2 Å². The number of carbonyl (C=O) groups excluding carboxylic acids is 1. The van der Waals surface area contributed by atoms with Crippen LogP contribution in [0, 0.1) is 0 Å². The van der Waals surface area contributed by atoms with E-state index in [0.29, 0.717) is 38.3 Å². The Kier molecular flexibility index (Phi) is 5.85. The van der Waals surface area contributed by atoms with E-state index in [9.17, 15) is 14.7 Å². The van der Waals surface area contributed by atoms with Gasteiger partial charge in [-0.15, -0.1) is 0 Å². The van der Waals surface area contributed by atoms with E-state index in [2.05, 4.69) is 10.1 Å². The van der Waals surface area contributed by atoms with Crippen molar-refractivity contribution in [1.82, 2.24) is 10.1 Å². The van der Waals surface area contributed by atoms with Crippen molar-refractivity contribution in [1.29, 1.82) is 0 Å². The lowest BCUT2D eigenvalue weighted by Crippen LogP contribution is -2.06. The van der Waals surface area contributed by atoms with Gasteiger partial charge in [-0.1, -0.05) is 34.4 Å². The first-order valence-corrected chi connectivity index (χ1v) is 12.3. The van der Waals surface area contributed by atoms with Gasteiger partial charge in [0.1, 0.15) is 29.6 Å². The van der Waals surface area contributed by atoms with Crippen LogP contribution in [-0.4, -0.2) is 27.0 Å². The summed E-state index contributed by atoms with van der Waals surface area (Å²) in [4.78, 5) is 28.7. The molecule has 2 aromatic carbocycles. The van der Waals surface area contributed by atoms with Crippen molar-refractivity contribution in [3.05, 3.63) is 86.7 Å². The van der Waals surface area contributed by atoms with Crippen LogP contribution >= 0.6 is 23.2 Å². The number of aromatic nitrogens is 2. The Morgan fingerprint density at radius 3 is 2.59 bits per heavy atom. The minimum absolute atomic E-state index is 0.0208. The Hall–Kier alpha value is -3.88. The Labute approximate surface area is 220 Å². The minimum Gasteiger partial charge on any atom is -0.478 e. The van der Waals surface area contributed by atoms with Crippen LogP contribution in [0.25, 0.3) is 11.3 Å². The summed E-state index contributed by atoms with van der Waals surface area (Å²) in [5.74, 6) is 0.479. The summed E-state index contributed by atoms with van der Waals surface area (Å²) in [6.07, 6.45) is 1.98. The number of pyridine rings is 1. The molecule has 1 aliphatic carbocycles. The van der Waals surface area contributed by atoms with Crippen LogP contribution in [-0.2, 0) is 13.0 Å². The predicted octanol–water partition coefficient (Wildman–Crippen LogP) is 6.73. The number of carboxylic acids is 1. The van der Waals surface area contributed by atoms with Gasteiger partial charge in [0.25, 0.3) is 0 Å². The molecule has 1 saturated carbocycles. The first kappa shape index (κ1) is 23.5. The van der Waals surface area contributed by atoms with Gasteiger partial charge in [-0.25, -0.2) is 9.78 Å². The van der Waals surface area contributed by atoms with Crippen molar-refractivity contribution < 1.29 is 28.7 Å². The number of carbonyl (C=O) groups is 2. The zero-order valence-electron chi connectivity index (χ0n) is 19.2. The van der Waals surface area contributed by atoms with Crippen molar-refractivity contribution in [3.63, 3.8) is 0 Å². The molecule has 1 fully saturated rings. The van der Waals surface area contributed by atoms with Gasteiger partial charge >= 0.3 is 5.97 Å². The number of ketones is 1. The second-order valence-corrected chi connectivity index (χ2v) is 9.66. The molecule has 0 atom stereocenters. The number of fused-ring (bicyclic) bond motifs is 2. The molecule has 6 rings (SSSR count). The van der Waals surface area contributed by atoms with Gasteiger partial charge in [-0.3, -0.25) is 4.79 Å². The molecule has 0 spiro atoms. The Morgan fingerprint density at radius 1 is 1.08 bits per heavy atom. The number of hydrogen-bond donors (Lipinski definition) is 1. The quantitative estimate of drug-likeness (QED) is 0.288. The predicted molar refractivity (Wildman–Crippen MR) is 134 cm³/mol. The third-order valence-corrected chi connectivity index (χ3v) is 6.94. The molecule has 0 amide bonds. The van der Waals surface area contributed by atoms with Crippen LogP contribution in [0.2, 0.25) is 10.0 Å². The molecule has 2 aromatic heterocycles. The molecule has 8 nitrogen and oxygen atoms in total. The van der Waals surface area contributed by atoms with Crippen LogP contribution in [0.15, 0.2) is 53.1 Å². The SMILES string of the molecule is O=C(O)c1ccc2c(c1)Oc1ccc(OCc3c(-c4c(Cl)cccc4Cl)noc3C3CC3)nc1CC2=O. The maximum atomic E-state index is 12.8. The Balaban J connectivity index is 1.29. The Bertz CT molecular complexity index is 1560. The van der Waals surface area contributed by atoms with E-state index in [1.165, 1.54) is 18.2 Å².